The average molecular weight is 497 g/mol. The standard InChI is InChI=1S/C27H29ClN2O5/c28-18-10-8-17(9-11-18)16-35-27(34)30-22-6-2-1-4-20(22)26(21-5-3-7-23(21)30)29(19-12-13-19)24(31)14-15-25(32)33/h1-2,4,6,8-11,19,21,23,26H,3,5,7,12-16H2,(H,32,33). The first-order chi connectivity index (χ1) is 16.9. The third-order valence-corrected chi connectivity index (χ3v) is 7.59. The number of halogens is 1. The number of carboxylic acids is 1. The largest absolute Gasteiger partial charge is 0.481 e. The maximum atomic E-state index is 13.4. The molecule has 2 amide bonds. The highest BCUT2D eigenvalue weighted by Gasteiger charge is 2.51. The van der Waals surface area contributed by atoms with Gasteiger partial charge in [0.25, 0.3) is 0 Å². The smallest absolute Gasteiger partial charge is 0.414 e. The van der Waals surface area contributed by atoms with Crippen LogP contribution >= 0.6 is 11.6 Å². The van der Waals surface area contributed by atoms with E-state index in [-0.39, 0.29) is 49.4 Å². The molecule has 3 atom stereocenters. The number of hydrogen-bond donors (Lipinski definition) is 1. The van der Waals surface area contributed by atoms with E-state index in [0.29, 0.717) is 5.02 Å². The lowest BCUT2D eigenvalue weighted by atomic mass is 9.81. The number of ether oxygens (including phenoxy) is 1. The fourth-order valence-electron chi connectivity index (χ4n) is 5.69. The van der Waals surface area contributed by atoms with E-state index in [1.165, 1.54) is 0 Å². The molecule has 7 nitrogen and oxygen atoms in total. The van der Waals surface area contributed by atoms with E-state index >= 15 is 0 Å². The summed E-state index contributed by atoms with van der Waals surface area (Å²) in [5, 5.41) is 9.75. The molecule has 1 heterocycles. The zero-order valence-corrected chi connectivity index (χ0v) is 20.2. The molecule has 0 radical (unpaired) electrons. The molecule has 2 saturated carbocycles. The number of carbonyl (C=O) groups is 3. The van der Waals surface area contributed by atoms with Gasteiger partial charge in [0, 0.05) is 29.4 Å². The Kier molecular flexibility index (Phi) is 6.69. The molecular weight excluding hydrogens is 468 g/mol. The van der Waals surface area contributed by atoms with Gasteiger partial charge in [-0.05, 0) is 55.0 Å². The third kappa shape index (κ3) is 4.87. The van der Waals surface area contributed by atoms with Gasteiger partial charge in [-0.1, -0.05) is 48.4 Å². The van der Waals surface area contributed by atoms with Crippen LogP contribution < -0.4 is 4.90 Å². The van der Waals surface area contributed by atoms with E-state index in [0.717, 1.165) is 48.9 Å². The summed E-state index contributed by atoms with van der Waals surface area (Å²) in [6.45, 7) is 0.150. The van der Waals surface area contributed by atoms with Crippen LogP contribution in [-0.2, 0) is 20.9 Å². The molecule has 2 fully saturated rings. The lowest BCUT2D eigenvalue weighted by molar-refractivity contribution is -0.142. The summed E-state index contributed by atoms with van der Waals surface area (Å²) in [5.41, 5.74) is 2.57. The van der Waals surface area contributed by atoms with Gasteiger partial charge in [-0.2, -0.15) is 0 Å². The Morgan fingerprint density at radius 2 is 1.74 bits per heavy atom. The predicted molar refractivity (Wildman–Crippen MR) is 131 cm³/mol. The van der Waals surface area contributed by atoms with Crippen LogP contribution in [0.2, 0.25) is 5.02 Å². The van der Waals surface area contributed by atoms with E-state index in [1.54, 1.807) is 17.0 Å². The number of rotatable bonds is 7. The summed E-state index contributed by atoms with van der Waals surface area (Å²) in [7, 11) is 0. The Hall–Kier alpha value is -3.06. The van der Waals surface area contributed by atoms with Crippen molar-refractivity contribution in [1.29, 1.82) is 0 Å². The van der Waals surface area contributed by atoms with Crippen molar-refractivity contribution in [3.63, 3.8) is 0 Å². The van der Waals surface area contributed by atoms with Gasteiger partial charge in [-0.3, -0.25) is 14.5 Å². The first kappa shape index (κ1) is 23.7. The lowest BCUT2D eigenvalue weighted by Gasteiger charge is -2.47. The van der Waals surface area contributed by atoms with Crippen LogP contribution in [0.3, 0.4) is 0 Å². The van der Waals surface area contributed by atoms with E-state index in [1.807, 2.05) is 41.3 Å². The van der Waals surface area contributed by atoms with Crippen LogP contribution in [0.1, 0.15) is 62.1 Å². The van der Waals surface area contributed by atoms with Crippen LogP contribution in [0.4, 0.5) is 10.5 Å². The van der Waals surface area contributed by atoms with E-state index in [9.17, 15) is 14.4 Å². The van der Waals surface area contributed by atoms with Crippen LogP contribution in [0.5, 0.6) is 0 Å². The Morgan fingerprint density at radius 3 is 2.46 bits per heavy atom. The Bertz CT molecular complexity index is 1120. The molecule has 0 spiro atoms. The normalized spacial score (nSPS) is 22.8. The molecule has 8 heteroatoms. The summed E-state index contributed by atoms with van der Waals surface area (Å²) in [4.78, 5) is 41.5. The van der Waals surface area contributed by atoms with Crippen LogP contribution in [0.15, 0.2) is 48.5 Å². The molecule has 5 rings (SSSR count). The second-order valence-corrected chi connectivity index (χ2v) is 10.1. The number of carbonyl (C=O) groups excluding carboxylic acids is 2. The lowest BCUT2D eigenvalue weighted by Crippen LogP contribution is -2.53. The van der Waals surface area contributed by atoms with Gasteiger partial charge in [0.1, 0.15) is 6.61 Å². The first-order valence-electron chi connectivity index (χ1n) is 12.3. The van der Waals surface area contributed by atoms with Gasteiger partial charge < -0.3 is 14.7 Å². The molecule has 2 aromatic rings. The second-order valence-electron chi connectivity index (χ2n) is 9.64. The van der Waals surface area contributed by atoms with Crippen molar-refractivity contribution in [1.82, 2.24) is 4.90 Å². The second kappa shape index (κ2) is 9.90. The fourth-order valence-corrected chi connectivity index (χ4v) is 5.82. The van der Waals surface area contributed by atoms with Crippen molar-refractivity contribution in [2.45, 2.75) is 69.7 Å². The molecule has 3 unspecified atom stereocenters. The van der Waals surface area contributed by atoms with Crippen LogP contribution in [0, 0.1) is 5.92 Å². The van der Waals surface area contributed by atoms with Gasteiger partial charge in [0.2, 0.25) is 5.91 Å². The number of para-hydroxylation sites is 1. The highest BCUT2D eigenvalue weighted by Crippen LogP contribution is 2.52. The van der Waals surface area contributed by atoms with Crippen molar-refractivity contribution in [3.05, 3.63) is 64.7 Å². The molecule has 2 aliphatic carbocycles. The fraction of sp³-hybridized carbons (Fsp3) is 0.444. The van der Waals surface area contributed by atoms with Gasteiger partial charge in [0.05, 0.1) is 18.2 Å². The number of benzene rings is 2. The van der Waals surface area contributed by atoms with Gasteiger partial charge in [0.15, 0.2) is 0 Å². The minimum absolute atomic E-state index is 0.00522. The van der Waals surface area contributed by atoms with Crippen LogP contribution in [-0.4, -0.2) is 40.1 Å². The molecule has 0 saturated heterocycles. The maximum absolute atomic E-state index is 13.4. The number of fused-ring (bicyclic) bond motifs is 2. The highest BCUT2D eigenvalue weighted by atomic mass is 35.5. The molecule has 0 bridgehead atoms. The van der Waals surface area contributed by atoms with Crippen molar-refractivity contribution in [2.75, 3.05) is 4.90 Å². The third-order valence-electron chi connectivity index (χ3n) is 7.34. The average Bonchev–Trinajstić information content (AvgIpc) is 3.57. The number of carboxylic acid groups (broad SMARTS) is 1. The van der Waals surface area contributed by atoms with E-state index in [4.69, 9.17) is 21.4 Å². The highest BCUT2D eigenvalue weighted by molar-refractivity contribution is 6.30. The van der Waals surface area contributed by atoms with Crippen molar-refractivity contribution < 1.29 is 24.2 Å². The Labute approximate surface area is 209 Å². The molecule has 2 aromatic carbocycles. The predicted octanol–water partition coefficient (Wildman–Crippen LogP) is 5.56. The maximum Gasteiger partial charge on any atom is 0.414 e. The van der Waals surface area contributed by atoms with Crippen molar-refractivity contribution in [3.8, 4) is 0 Å². The molecule has 35 heavy (non-hydrogen) atoms. The molecule has 184 valence electrons. The molecule has 3 aliphatic rings. The number of hydrogen-bond acceptors (Lipinski definition) is 4. The number of anilines is 1. The Morgan fingerprint density at radius 1 is 1.00 bits per heavy atom. The van der Waals surface area contributed by atoms with Gasteiger partial charge in [-0.25, -0.2) is 4.79 Å². The minimum Gasteiger partial charge on any atom is -0.481 e. The topological polar surface area (TPSA) is 87.2 Å². The Balaban J connectivity index is 1.44. The minimum atomic E-state index is -0.966. The SMILES string of the molecule is O=C(O)CCC(=O)N(C1CC1)C1c2ccccc2N(C(=O)OCc2ccc(Cl)cc2)C2CCCC21. The van der Waals surface area contributed by atoms with Gasteiger partial charge in [-0.15, -0.1) is 0 Å². The molecule has 0 aromatic heterocycles. The molecule has 1 aliphatic heterocycles. The summed E-state index contributed by atoms with van der Waals surface area (Å²) >= 11 is 5.96. The number of aliphatic carboxylic acids is 1. The zero-order chi connectivity index (χ0) is 24.5. The number of nitrogens with zero attached hydrogens (tertiary/aromatic N) is 2. The summed E-state index contributed by atoms with van der Waals surface area (Å²) in [6.07, 6.45) is 4.00. The van der Waals surface area contributed by atoms with Gasteiger partial charge >= 0.3 is 12.1 Å². The monoisotopic (exact) mass is 496 g/mol. The first-order valence-corrected chi connectivity index (χ1v) is 12.6. The molecular formula is C27H29ClN2O5. The summed E-state index contributed by atoms with van der Waals surface area (Å²) in [6, 6.07) is 14.9. The van der Waals surface area contributed by atoms with Crippen molar-refractivity contribution in [2.24, 2.45) is 5.92 Å². The van der Waals surface area contributed by atoms with E-state index in [2.05, 4.69) is 0 Å². The van der Waals surface area contributed by atoms with Crippen molar-refractivity contribution >= 4 is 35.3 Å². The quantitative estimate of drug-likeness (QED) is 0.542. The van der Waals surface area contributed by atoms with Crippen LogP contribution in [0.25, 0.3) is 0 Å². The van der Waals surface area contributed by atoms with E-state index < -0.39 is 12.1 Å². The summed E-state index contributed by atoms with van der Waals surface area (Å²) in [5.74, 6) is -0.993. The molecule has 1 N–H and O–H groups in total. The summed E-state index contributed by atoms with van der Waals surface area (Å²) < 4.78 is 5.74. The number of amides is 2. The zero-order valence-electron chi connectivity index (χ0n) is 19.4.